The molecule has 0 unspecified atom stereocenters. The molecule has 0 spiro atoms. The number of likely N-dealkylation sites (tertiary alicyclic amines) is 1. The molecule has 1 aromatic carbocycles. The minimum absolute atomic E-state index is 0.0612. The Bertz CT molecular complexity index is 656. The summed E-state index contributed by atoms with van der Waals surface area (Å²) in [5, 5.41) is 5.22. The largest absolute Gasteiger partial charge is 0.384 e. The van der Waals surface area contributed by atoms with E-state index in [4.69, 9.17) is 0 Å². The zero-order chi connectivity index (χ0) is 13.9. The zero-order valence-electron chi connectivity index (χ0n) is 11.9. The van der Waals surface area contributed by atoms with E-state index < -0.39 is 0 Å². The van der Waals surface area contributed by atoms with Crippen LogP contribution in [0.3, 0.4) is 0 Å². The first-order chi connectivity index (χ1) is 9.74. The van der Waals surface area contributed by atoms with E-state index in [1.165, 1.54) is 25.9 Å². The number of fused-ring (bicyclic) bond motifs is 1. The summed E-state index contributed by atoms with van der Waals surface area (Å²) in [6.45, 7) is 4.51. The van der Waals surface area contributed by atoms with E-state index in [0.29, 0.717) is 0 Å². The van der Waals surface area contributed by atoms with Gasteiger partial charge in [0.1, 0.15) is 0 Å². The van der Waals surface area contributed by atoms with Gasteiger partial charge in [0.2, 0.25) is 0 Å². The van der Waals surface area contributed by atoms with Gasteiger partial charge in [-0.15, -0.1) is 0 Å². The molecule has 3 rings (SSSR count). The topological polar surface area (TPSA) is 37.3 Å². The van der Waals surface area contributed by atoms with Crippen molar-refractivity contribution in [2.24, 2.45) is 7.05 Å². The summed E-state index contributed by atoms with van der Waals surface area (Å²) in [5.74, 6) is 0. The molecule has 20 heavy (non-hydrogen) atoms. The molecular formula is C16H21N3O. The fraction of sp³-hybridized carbons (Fsp3) is 0.438. The number of benzene rings is 1. The highest BCUT2D eigenvalue weighted by Gasteiger charge is 2.10. The van der Waals surface area contributed by atoms with Crippen molar-refractivity contribution in [3.63, 3.8) is 0 Å². The van der Waals surface area contributed by atoms with Gasteiger partial charge in [-0.05, 0) is 55.6 Å². The van der Waals surface area contributed by atoms with Crippen molar-refractivity contribution >= 4 is 16.5 Å². The van der Waals surface area contributed by atoms with Crippen molar-refractivity contribution < 1.29 is 0 Å². The summed E-state index contributed by atoms with van der Waals surface area (Å²) in [7, 11) is 1.78. The van der Waals surface area contributed by atoms with E-state index in [9.17, 15) is 4.79 Å². The van der Waals surface area contributed by atoms with Crippen LogP contribution in [0.1, 0.15) is 12.8 Å². The van der Waals surface area contributed by atoms with E-state index in [1.807, 2.05) is 24.4 Å². The predicted octanol–water partition coefficient (Wildman–Crippen LogP) is 2.05. The zero-order valence-corrected chi connectivity index (χ0v) is 11.9. The van der Waals surface area contributed by atoms with Gasteiger partial charge >= 0.3 is 0 Å². The van der Waals surface area contributed by atoms with E-state index in [2.05, 4.69) is 16.3 Å². The monoisotopic (exact) mass is 271 g/mol. The maximum Gasteiger partial charge on any atom is 0.258 e. The van der Waals surface area contributed by atoms with Crippen molar-refractivity contribution in [2.75, 3.05) is 31.5 Å². The maximum absolute atomic E-state index is 12.0. The third-order valence-corrected chi connectivity index (χ3v) is 4.04. The van der Waals surface area contributed by atoms with Gasteiger partial charge in [-0.1, -0.05) is 0 Å². The molecule has 0 amide bonds. The van der Waals surface area contributed by atoms with Crippen LogP contribution < -0.4 is 10.9 Å². The maximum atomic E-state index is 12.0. The van der Waals surface area contributed by atoms with Crippen molar-refractivity contribution in [1.29, 1.82) is 0 Å². The van der Waals surface area contributed by atoms with Gasteiger partial charge in [-0.3, -0.25) is 4.79 Å². The Hall–Kier alpha value is -1.81. The second kappa shape index (κ2) is 5.67. The van der Waals surface area contributed by atoms with Crippen LogP contribution in [0.4, 0.5) is 5.69 Å². The molecule has 0 saturated carbocycles. The van der Waals surface area contributed by atoms with Crippen molar-refractivity contribution in [2.45, 2.75) is 12.8 Å². The molecule has 4 nitrogen and oxygen atoms in total. The van der Waals surface area contributed by atoms with E-state index in [1.54, 1.807) is 11.6 Å². The van der Waals surface area contributed by atoms with Gasteiger partial charge < -0.3 is 14.8 Å². The molecule has 1 aliphatic rings. The van der Waals surface area contributed by atoms with Crippen LogP contribution in [0, 0.1) is 0 Å². The number of hydrogen-bond donors (Lipinski definition) is 1. The first-order valence-corrected chi connectivity index (χ1v) is 7.30. The molecule has 1 aromatic heterocycles. The minimum atomic E-state index is 0.0612. The highest BCUT2D eigenvalue weighted by molar-refractivity contribution is 5.84. The van der Waals surface area contributed by atoms with Crippen molar-refractivity contribution in [1.82, 2.24) is 9.47 Å². The number of anilines is 1. The molecule has 4 heteroatoms. The lowest BCUT2D eigenvalue weighted by atomic mass is 10.1. The molecule has 0 atom stereocenters. The fourth-order valence-corrected chi connectivity index (χ4v) is 2.82. The molecule has 2 heterocycles. The standard InChI is InChI=1S/C16H21N3O/c1-18-10-6-13-12-14(4-5-15(13)16(18)20)17-7-11-19-8-2-3-9-19/h4-6,10,12,17H,2-3,7-9,11H2,1H3. The van der Waals surface area contributed by atoms with E-state index >= 15 is 0 Å². The lowest BCUT2D eigenvalue weighted by Gasteiger charge is -2.15. The molecule has 0 aliphatic carbocycles. The Balaban J connectivity index is 1.69. The summed E-state index contributed by atoms with van der Waals surface area (Å²) in [5.41, 5.74) is 1.15. The van der Waals surface area contributed by atoms with Crippen LogP contribution in [0.5, 0.6) is 0 Å². The van der Waals surface area contributed by atoms with Crippen LogP contribution in [0.25, 0.3) is 10.8 Å². The molecule has 1 fully saturated rings. The number of aryl methyl sites for hydroxylation is 1. The Labute approximate surface area is 119 Å². The van der Waals surface area contributed by atoms with Gasteiger partial charge in [0.05, 0.1) is 0 Å². The van der Waals surface area contributed by atoms with Crippen LogP contribution in [-0.4, -0.2) is 35.6 Å². The number of aromatic nitrogens is 1. The second-order valence-corrected chi connectivity index (χ2v) is 5.51. The highest BCUT2D eigenvalue weighted by atomic mass is 16.1. The SMILES string of the molecule is Cn1ccc2cc(NCCN3CCCC3)ccc2c1=O. The normalized spacial score (nSPS) is 15.8. The summed E-state index contributed by atoms with van der Waals surface area (Å²) >= 11 is 0. The van der Waals surface area contributed by atoms with Gasteiger partial charge in [0.25, 0.3) is 5.56 Å². The predicted molar refractivity (Wildman–Crippen MR) is 83.4 cm³/mol. The first-order valence-electron chi connectivity index (χ1n) is 7.30. The molecular weight excluding hydrogens is 250 g/mol. The number of hydrogen-bond acceptors (Lipinski definition) is 3. The number of nitrogens with one attached hydrogen (secondary N) is 1. The van der Waals surface area contributed by atoms with Gasteiger partial charge in [-0.2, -0.15) is 0 Å². The molecule has 1 aliphatic heterocycles. The summed E-state index contributed by atoms with van der Waals surface area (Å²) in [6, 6.07) is 7.95. The average Bonchev–Trinajstić information content (AvgIpc) is 2.96. The Morgan fingerprint density at radius 2 is 2.00 bits per heavy atom. The third-order valence-electron chi connectivity index (χ3n) is 4.04. The Morgan fingerprint density at radius 1 is 1.20 bits per heavy atom. The lowest BCUT2D eigenvalue weighted by Crippen LogP contribution is -2.25. The average molecular weight is 271 g/mol. The molecule has 106 valence electrons. The third kappa shape index (κ3) is 2.70. The quantitative estimate of drug-likeness (QED) is 0.924. The van der Waals surface area contributed by atoms with Gasteiger partial charge in [0, 0.05) is 37.4 Å². The van der Waals surface area contributed by atoms with Crippen LogP contribution >= 0.6 is 0 Å². The van der Waals surface area contributed by atoms with E-state index in [0.717, 1.165) is 29.5 Å². The van der Waals surface area contributed by atoms with E-state index in [-0.39, 0.29) is 5.56 Å². The van der Waals surface area contributed by atoms with Gasteiger partial charge in [-0.25, -0.2) is 0 Å². The molecule has 2 aromatic rings. The summed E-state index contributed by atoms with van der Waals surface area (Å²) < 4.78 is 1.61. The molecule has 1 N–H and O–H groups in total. The molecule has 0 bridgehead atoms. The number of pyridine rings is 1. The number of nitrogens with zero attached hydrogens (tertiary/aromatic N) is 2. The molecule has 0 radical (unpaired) electrons. The Morgan fingerprint density at radius 3 is 2.80 bits per heavy atom. The summed E-state index contributed by atoms with van der Waals surface area (Å²) in [4.78, 5) is 14.5. The van der Waals surface area contributed by atoms with Crippen LogP contribution in [-0.2, 0) is 7.05 Å². The number of rotatable bonds is 4. The first kappa shape index (κ1) is 13.2. The fourth-order valence-electron chi connectivity index (χ4n) is 2.82. The Kier molecular flexibility index (Phi) is 3.74. The second-order valence-electron chi connectivity index (χ2n) is 5.51. The summed E-state index contributed by atoms with van der Waals surface area (Å²) in [6.07, 6.45) is 4.48. The minimum Gasteiger partial charge on any atom is -0.384 e. The smallest absolute Gasteiger partial charge is 0.258 e. The van der Waals surface area contributed by atoms with Crippen LogP contribution in [0.15, 0.2) is 35.3 Å². The van der Waals surface area contributed by atoms with Crippen molar-refractivity contribution in [3.8, 4) is 0 Å². The molecule has 1 saturated heterocycles. The lowest BCUT2D eigenvalue weighted by molar-refractivity contribution is 0.352. The van der Waals surface area contributed by atoms with Gasteiger partial charge in [0.15, 0.2) is 0 Å². The van der Waals surface area contributed by atoms with Crippen molar-refractivity contribution in [3.05, 3.63) is 40.8 Å². The van der Waals surface area contributed by atoms with Crippen LogP contribution in [0.2, 0.25) is 0 Å². The highest BCUT2D eigenvalue weighted by Crippen LogP contribution is 2.16.